The van der Waals surface area contributed by atoms with Gasteiger partial charge >= 0.3 is 0 Å². The van der Waals surface area contributed by atoms with Crippen LogP contribution in [0.4, 0.5) is 4.39 Å². The summed E-state index contributed by atoms with van der Waals surface area (Å²) in [5, 5.41) is 17.7. The number of nitrogens with one attached hydrogen (secondary N) is 2. The second-order valence-corrected chi connectivity index (χ2v) is 9.83. The van der Waals surface area contributed by atoms with Crippen LogP contribution in [0.3, 0.4) is 0 Å². The molecule has 9 heteroatoms. The molecule has 38 heavy (non-hydrogen) atoms. The summed E-state index contributed by atoms with van der Waals surface area (Å²) in [6, 6.07) is 19.3. The van der Waals surface area contributed by atoms with Crippen LogP contribution in [-0.2, 0) is 29.2 Å². The van der Waals surface area contributed by atoms with Gasteiger partial charge in [-0.1, -0.05) is 54.1 Å². The highest BCUT2D eigenvalue weighted by Crippen LogP contribution is 2.22. The van der Waals surface area contributed by atoms with Crippen molar-refractivity contribution in [3.05, 3.63) is 100 Å². The zero-order valence-corrected chi connectivity index (χ0v) is 21.8. The van der Waals surface area contributed by atoms with E-state index in [0.29, 0.717) is 36.0 Å². The Hall–Kier alpha value is -3.46. The normalized spacial score (nSPS) is 17.1. The first-order chi connectivity index (χ1) is 18.3. The second kappa shape index (κ2) is 12.9. The van der Waals surface area contributed by atoms with E-state index in [-0.39, 0.29) is 24.8 Å². The third-order valence-corrected chi connectivity index (χ3v) is 6.64. The fraction of sp³-hybridized carbons (Fsp3) is 0.310. The summed E-state index contributed by atoms with van der Waals surface area (Å²) in [7, 11) is 0. The highest BCUT2D eigenvalue weighted by Gasteiger charge is 2.38. The molecule has 200 valence electrons. The summed E-state index contributed by atoms with van der Waals surface area (Å²) >= 11 is 5.92. The highest BCUT2D eigenvalue weighted by atomic mass is 35.5. The van der Waals surface area contributed by atoms with Crippen LogP contribution in [0, 0.1) is 5.82 Å². The molecule has 3 N–H and O–H groups in total. The van der Waals surface area contributed by atoms with Gasteiger partial charge in [0, 0.05) is 37.6 Å². The predicted octanol–water partition coefficient (Wildman–Crippen LogP) is 3.47. The van der Waals surface area contributed by atoms with Gasteiger partial charge in [0.2, 0.25) is 11.8 Å². The molecule has 2 amide bonds. The SMILES string of the molecule is CC(=O)N[C@@H](Cc1cc(F)cc(OCc2ccc(Cl)cc2)c1)[C@H](O)[C@@H]1NCCN(Cc2ccccc2)C1=O. The number of benzene rings is 3. The summed E-state index contributed by atoms with van der Waals surface area (Å²) in [6.45, 7) is 2.97. The van der Waals surface area contributed by atoms with Gasteiger partial charge in [-0.25, -0.2) is 4.39 Å². The monoisotopic (exact) mass is 539 g/mol. The molecule has 0 radical (unpaired) electrons. The van der Waals surface area contributed by atoms with Crippen molar-refractivity contribution in [3.63, 3.8) is 0 Å². The third kappa shape index (κ3) is 7.54. The van der Waals surface area contributed by atoms with E-state index in [1.165, 1.54) is 19.1 Å². The van der Waals surface area contributed by atoms with Crippen molar-refractivity contribution in [2.24, 2.45) is 0 Å². The summed E-state index contributed by atoms with van der Waals surface area (Å²) < 4.78 is 20.2. The lowest BCUT2D eigenvalue weighted by molar-refractivity contribution is -0.141. The van der Waals surface area contributed by atoms with E-state index < -0.39 is 24.0 Å². The quantitative estimate of drug-likeness (QED) is 0.367. The third-order valence-electron chi connectivity index (χ3n) is 6.39. The highest BCUT2D eigenvalue weighted by molar-refractivity contribution is 6.30. The van der Waals surface area contributed by atoms with Crippen molar-refractivity contribution in [1.29, 1.82) is 0 Å². The molecule has 3 aromatic carbocycles. The molecule has 3 aromatic rings. The number of aliphatic hydroxyl groups excluding tert-OH is 1. The minimum atomic E-state index is -1.24. The Bertz CT molecular complexity index is 1240. The van der Waals surface area contributed by atoms with Crippen LogP contribution in [0.15, 0.2) is 72.8 Å². The number of amides is 2. The molecule has 0 spiro atoms. The number of ether oxygens (including phenoxy) is 1. The number of nitrogens with zero attached hydrogens (tertiary/aromatic N) is 1. The smallest absolute Gasteiger partial charge is 0.242 e. The molecule has 1 saturated heterocycles. The van der Waals surface area contributed by atoms with E-state index in [4.69, 9.17) is 16.3 Å². The predicted molar refractivity (Wildman–Crippen MR) is 143 cm³/mol. The minimum Gasteiger partial charge on any atom is -0.489 e. The van der Waals surface area contributed by atoms with Gasteiger partial charge in [0.1, 0.15) is 24.2 Å². The van der Waals surface area contributed by atoms with Crippen molar-refractivity contribution in [3.8, 4) is 5.75 Å². The first-order valence-electron chi connectivity index (χ1n) is 12.5. The Morgan fingerprint density at radius 2 is 1.87 bits per heavy atom. The van der Waals surface area contributed by atoms with Crippen LogP contribution < -0.4 is 15.4 Å². The number of rotatable bonds is 10. The topological polar surface area (TPSA) is 90.9 Å². The molecule has 0 saturated carbocycles. The maximum Gasteiger partial charge on any atom is 0.242 e. The number of piperazine rings is 1. The van der Waals surface area contributed by atoms with E-state index >= 15 is 0 Å². The number of carbonyl (C=O) groups excluding carboxylic acids is 2. The van der Waals surface area contributed by atoms with Crippen LogP contribution in [-0.4, -0.2) is 53.1 Å². The molecule has 3 atom stereocenters. The minimum absolute atomic E-state index is 0.0972. The molecule has 0 bridgehead atoms. The van der Waals surface area contributed by atoms with E-state index in [2.05, 4.69) is 10.6 Å². The molecular weight excluding hydrogens is 509 g/mol. The first-order valence-corrected chi connectivity index (χ1v) is 12.8. The Labute approximate surface area is 226 Å². The Morgan fingerprint density at radius 3 is 2.58 bits per heavy atom. The van der Waals surface area contributed by atoms with Crippen LogP contribution in [0.5, 0.6) is 5.75 Å². The van der Waals surface area contributed by atoms with E-state index in [1.54, 1.807) is 23.1 Å². The summed E-state index contributed by atoms with van der Waals surface area (Å²) in [6.07, 6.45) is -1.15. The van der Waals surface area contributed by atoms with Crippen molar-refractivity contribution >= 4 is 23.4 Å². The molecule has 1 aliphatic heterocycles. The lowest BCUT2D eigenvalue weighted by atomic mass is 9.94. The van der Waals surface area contributed by atoms with E-state index in [0.717, 1.165) is 11.1 Å². The lowest BCUT2D eigenvalue weighted by Crippen LogP contribution is -2.63. The number of halogens is 2. The number of aliphatic hydroxyl groups is 1. The maximum absolute atomic E-state index is 14.5. The average Bonchev–Trinajstić information content (AvgIpc) is 2.89. The standard InChI is InChI=1S/C29H31ClFN3O4/c1-19(35)33-26(28(36)27-29(37)34(12-11-32-27)17-20-5-3-2-4-6-20)15-22-13-24(31)16-25(14-22)38-18-21-7-9-23(30)10-8-21/h2-10,13-14,16,26-28,32,36H,11-12,15,17-18H2,1H3,(H,33,35)/t26-,27-,28-/m0/s1. The van der Waals surface area contributed by atoms with Crippen molar-refractivity contribution in [2.45, 2.75) is 44.7 Å². The lowest BCUT2D eigenvalue weighted by Gasteiger charge is -2.38. The van der Waals surface area contributed by atoms with Gasteiger partial charge in [0.25, 0.3) is 0 Å². The summed E-state index contributed by atoms with van der Waals surface area (Å²) in [5.74, 6) is -0.819. The molecule has 0 aromatic heterocycles. The average molecular weight is 540 g/mol. The second-order valence-electron chi connectivity index (χ2n) is 9.39. The van der Waals surface area contributed by atoms with Gasteiger partial charge in [0.15, 0.2) is 0 Å². The van der Waals surface area contributed by atoms with Gasteiger partial charge in [-0.05, 0) is 47.4 Å². The molecule has 1 fully saturated rings. The number of carbonyl (C=O) groups is 2. The summed E-state index contributed by atoms with van der Waals surface area (Å²) in [4.78, 5) is 26.9. The molecule has 7 nitrogen and oxygen atoms in total. The Morgan fingerprint density at radius 1 is 1.13 bits per heavy atom. The molecule has 0 aliphatic carbocycles. The molecule has 1 aliphatic rings. The number of hydrogen-bond donors (Lipinski definition) is 3. The van der Waals surface area contributed by atoms with Crippen LogP contribution in [0.2, 0.25) is 5.02 Å². The fourth-order valence-electron chi connectivity index (χ4n) is 4.55. The molecule has 1 heterocycles. The Balaban J connectivity index is 1.46. The van der Waals surface area contributed by atoms with Gasteiger partial charge in [-0.3, -0.25) is 9.59 Å². The Kier molecular flexibility index (Phi) is 9.33. The molecule has 4 rings (SSSR count). The van der Waals surface area contributed by atoms with E-state index in [1.807, 2.05) is 42.5 Å². The zero-order chi connectivity index (χ0) is 27.1. The van der Waals surface area contributed by atoms with E-state index in [9.17, 15) is 19.1 Å². The van der Waals surface area contributed by atoms with Crippen molar-refractivity contribution in [1.82, 2.24) is 15.5 Å². The van der Waals surface area contributed by atoms with Gasteiger partial charge < -0.3 is 25.4 Å². The van der Waals surface area contributed by atoms with Crippen molar-refractivity contribution in [2.75, 3.05) is 13.1 Å². The zero-order valence-electron chi connectivity index (χ0n) is 21.1. The van der Waals surface area contributed by atoms with Crippen LogP contribution >= 0.6 is 11.6 Å². The van der Waals surface area contributed by atoms with Crippen LogP contribution in [0.1, 0.15) is 23.6 Å². The van der Waals surface area contributed by atoms with Gasteiger partial charge in [-0.15, -0.1) is 0 Å². The fourth-order valence-corrected chi connectivity index (χ4v) is 4.68. The number of hydrogen-bond acceptors (Lipinski definition) is 5. The van der Waals surface area contributed by atoms with Gasteiger partial charge in [-0.2, -0.15) is 0 Å². The summed E-state index contributed by atoms with van der Waals surface area (Å²) in [5.41, 5.74) is 2.37. The largest absolute Gasteiger partial charge is 0.489 e. The van der Waals surface area contributed by atoms with Crippen molar-refractivity contribution < 1.29 is 23.8 Å². The maximum atomic E-state index is 14.5. The molecule has 0 unspecified atom stereocenters. The molecular formula is C29H31ClFN3O4. The van der Waals surface area contributed by atoms with Crippen LogP contribution in [0.25, 0.3) is 0 Å². The first kappa shape index (κ1) is 27.6. The van der Waals surface area contributed by atoms with Gasteiger partial charge in [0.05, 0.1) is 12.1 Å².